The molecule has 0 bridgehead atoms. The minimum absolute atomic E-state index is 0.687. The molecule has 0 saturated carbocycles. The van der Waals surface area contributed by atoms with Crippen LogP contribution in [-0.4, -0.2) is 14.8 Å². The van der Waals surface area contributed by atoms with E-state index in [1.54, 1.807) is 0 Å². The molecule has 0 atom stereocenters. The Balaban J connectivity index is 2.53. The predicted molar refractivity (Wildman–Crippen MR) is 54.4 cm³/mol. The van der Waals surface area contributed by atoms with Gasteiger partial charge in [0.25, 0.3) is 0 Å². The third-order valence-corrected chi connectivity index (χ3v) is 2.85. The summed E-state index contributed by atoms with van der Waals surface area (Å²) in [4.78, 5) is 4.42. The normalized spacial score (nSPS) is 11.1. The van der Waals surface area contributed by atoms with Crippen molar-refractivity contribution in [2.75, 3.05) is 0 Å². The van der Waals surface area contributed by atoms with E-state index in [4.69, 9.17) is 0 Å². The average Bonchev–Trinajstić information content (AvgIpc) is 2.28. The molecule has 0 aliphatic rings. The van der Waals surface area contributed by atoms with E-state index < -0.39 is 0 Å². The van der Waals surface area contributed by atoms with Gasteiger partial charge in [0, 0.05) is 19.0 Å². The molecular weight excluding hydrogens is 168 g/mol. The van der Waals surface area contributed by atoms with Crippen LogP contribution in [0.5, 0.6) is 0 Å². The second-order valence-corrected chi connectivity index (χ2v) is 4.81. The molecule has 12 heavy (non-hydrogen) atoms. The van der Waals surface area contributed by atoms with Gasteiger partial charge in [0.15, 0.2) is 0 Å². The summed E-state index contributed by atoms with van der Waals surface area (Å²) in [7, 11) is 2.03. The lowest BCUT2D eigenvalue weighted by Gasteiger charge is -2.00. The van der Waals surface area contributed by atoms with Crippen molar-refractivity contribution in [2.45, 2.75) is 31.8 Å². The topological polar surface area (TPSA) is 17.8 Å². The summed E-state index contributed by atoms with van der Waals surface area (Å²) in [6, 6.07) is 0. The Morgan fingerprint density at radius 1 is 1.58 bits per heavy atom. The maximum atomic E-state index is 4.42. The molecule has 2 nitrogen and oxygen atoms in total. The largest absolute Gasteiger partial charge is 0.338 e. The summed E-state index contributed by atoms with van der Waals surface area (Å²) in [5.41, 5.74) is 1.19. The van der Waals surface area contributed by atoms with Gasteiger partial charge < -0.3 is 4.57 Å². The Kier molecular flexibility index (Phi) is 3.20. The van der Waals surface area contributed by atoms with Crippen molar-refractivity contribution in [3.05, 3.63) is 17.7 Å². The molecule has 0 amide bonds. The van der Waals surface area contributed by atoms with E-state index in [2.05, 4.69) is 29.6 Å². The van der Waals surface area contributed by atoms with Crippen LogP contribution in [0.2, 0.25) is 0 Å². The predicted octanol–water partition coefficient (Wildman–Crippen LogP) is 2.37. The standard InChI is InChI=1S/C9H16N2S/c1-7(2)12-6-9-5-11(4)8(3)10-9/h5,7H,6H2,1-4H3. The molecule has 0 aliphatic carbocycles. The van der Waals surface area contributed by atoms with Crippen molar-refractivity contribution < 1.29 is 0 Å². The van der Waals surface area contributed by atoms with Gasteiger partial charge in [0.2, 0.25) is 0 Å². The summed E-state index contributed by atoms with van der Waals surface area (Å²) in [5.74, 6) is 2.12. The van der Waals surface area contributed by atoms with Crippen LogP contribution in [0.1, 0.15) is 25.4 Å². The summed E-state index contributed by atoms with van der Waals surface area (Å²) < 4.78 is 2.07. The number of thioether (sulfide) groups is 1. The van der Waals surface area contributed by atoms with Gasteiger partial charge >= 0.3 is 0 Å². The van der Waals surface area contributed by atoms with E-state index in [1.807, 2.05) is 25.7 Å². The van der Waals surface area contributed by atoms with E-state index in [-0.39, 0.29) is 0 Å². The first kappa shape index (κ1) is 9.65. The quantitative estimate of drug-likeness (QED) is 0.717. The zero-order valence-corrected chi connectivity index (χ0v) is 8.98. The number of aromatic nitrogens is 2. The number of aryl methyl sites for hydroxylation is 2. The maximum absolute atomic E-state index is 4.42. The first-order valence-electron chi connectivity index (χ1n) is 4.20. The summed E-state index contributed by atoms with van der Waals surface area (Å²) in [5, 5.41) is 0.687. The molecule has 68 valence electrons. The molecule has 0 aliphatic heterocycles. The van der Waals surface area contributed by atoms with Gasteiger partial charge in [-0.2, -0.15) is 11.8 Å². The van der Waals surface area contributed by atoms with Crippen LogP contribution in [0, 0.1) is 6.92 Å². The van der Waals surface area contributed by atoms with Gasteiger partial charge in [-0.05, 0) is 12.2 Å². The zero-order chi connectivity index (χ0) is 9.14. The molecule has 1 aromatic rings. The fourth-order valence-electron chi connectivity index (χ4n) is 0.954. The van der Waals surface area contributed by atoms with E-state index >= 15 is 0 Å². The Hall–Kier alpha value is -0.440. The minimum atomic E-state index is 0.687. The Morgan fingerprint density at radius 2 is 2.25 bits per heavy atom. The van der Waals surface area contributed by atoms with Crippen LogP contribution in [0.3, 0.4) is 0 Å². The van der Waals surface area contributed by atoms with E-state index in [1.165, 1.54) is 5.69 Å². The highest BCUT2D eigenvalue weighted by Gasteiger charge is 2.01. The molecular formula is C9H16N2S. The molecule has 0 unspecified atom stereocenters. The van der Waals surface area contributed by atoms with Crippen LogP contribution >= 0.6 is 11.8 Å². The van der Waals surface area contributed by atoms with E-state index in [0.29, 0.717) is 5.25 Å². The lowest BCUT2D eigenvalue weighted by atomic mass is 10.5. The fraction of sp³-hybridized carbons (Fsp3) is 0.667. The number of hydrogen-bond donors (Lipinski definition) is 0. The number of imidazole rings is 1. The van der Waals surface area contributed by atoms with Gasteiger partial charge in [-0.15, -0.1) is 0 Å². The van der Waals surface area contributed by atoms with Gasteiger partial charge in [0.1, 0.15) is 5.82 Å². The van der Waals surface area contributed by atoms with Crippen LogP contribution in [0.25, 0.3) is 0 Å². The van der Waals surface area contributed by atoms with Crippen LogP contribution in [-0.2, 0) is 12.8 Å². The molecule has 3 heteroatoms. The van der Waals surface area contributed by atoms with Crippen molar-refractivity contribution in [1.82, 2.24) is 9.55 Å². The summed E-state index contributed by atoms with van der Waals surface area (Å²) in [6.07, 6.45) is 2.10. The van der Waals surface area contributed by atoms with Gasteiger partial charge in [-0.25, -0.2) is 4.98 Å². The minimum Gasteiger partial charge on any atom is -0.338 e. The number of nitrogens with zero attached hydrogens (tertiary/aromatic N) is 2. The molecule has 0 aromatic carbocycles. The first-order chi connectivity index (χ1) is 5.59. The molecule has 0 radical (unpaired) electrons. The summed E-state index contributed by atoms with van der Waals surface area (Å²) >= 11 is 1.93. The highest BCUT2D eigenvalue weighted by atomic mass is 32.2. The maximum Gasteiger partial charge on any atom is 0.105 e. The van der Waals surface area contributed by atoms with Crippen molar-refractivity contribution >= 4 is 11.8 Å². The molecule has 1 aromatic heterocycles. The van der Waals surface area contributed by atoms with Crippen molar-refractivity contribution in [1.29, 1.82) is 0 Å². The lowest BCUT2D eigenvalue weighted by Crippen LogP contribution is -1.88. The second-order valence-electron chi connectivity index (χ2n) is 3.25. The van der Waals surface area contributed by atoms with E-state index in [0.717, 1.165) is 11.6 Å². The highest BCUT2D eigenvalue weighted by Crippen LogP contribution is 2.15. The van der Waals surface area contributed by atoms with Gasteiger partial charge in [-0.1, -0.05) is 13.8 Å². The Labute approximate surface area is 78.4 Å². The SMILES string of the molecule is Cc1nc(CSC(C)C)cn1C. The molecule has 0 fully saturated rings. The third kappa shape index (κ3) is 2.55. The fourth-order valence-corrected chi connectivity index (χ4v) is 1.60. The van der Waals surface area contributed by atoms with E-state index in [9.17, 15) is 0 Å². The van der Waals surface area contributed by atoms with Crippen molar-refractivity contribution in [3.8, 4) is 0 Å². The number of rotatable bonds is 3. The van der Waals surface area contributed by atoms with Crippen molar-refractivity contribution in [3.63, 3.8) is 0 Å². The van der Waals surface area contributed by atoms with Gasteiger partial charge in [-0.3, -0.25) is 0 Å². The van der Waals surface area contributed by atoms with Crippen molar-refractivity contribution in [2.24, 2.45) is 7.05 Å². The lowest BCUT2D eigenvalue weighted by molar-refractivity contribution is 0.858. The highest BCUT2D eigenvalue weighted by molar-refractivity contribution is 7.99. The molecule has 0 N–H and O–H groups in total. The summed E-state index contributed by atoms with van der Waals surface area (Å²) in [6.45, 7) is 6.45. The number of hydrogen-bond acceptors (Lipinski definition) is 2. The average molecular weight is 184 g/mol. The van der Waals surface area contributed by atoms with Crippen LogP contribution in [0.15, 0.2) is 6.20 Å². The smallest absolute Gasteiger partial charge is 0.105 e. The second kappa shape index (κ2) is 3.99. The van der Waals surface area contributed by atoms with Crippen LogP contribution < -0.4 is 0 Å². The molecule has 1 rings (SSSR count). The monoisotopic (exact) mass is 184 g/mol. The molecule has 1 heterocycles. The zero-order valence-electron chi connectivity index (χ0n) is 8.16. The van der Waals surface area contributed by atoms with Crippen LogP contribution in [0.4, 0.5) is 0 Å². The molecule has 0 spiro atoms. The Bertz CT molecular complexity index is 234. The third-order valence-electron chi connectivity index (χ3n) is 1.72. The first-order valence-corrected chi connectivity index (χ1v) is 5.25. The molecule has 0 saturated heterocycles. The Morgan fingerprint density at radius 3 is 2.67 bits per heavy atom. The van der Waals surface area contributed by atoms with Gasteiger partial charge in [0.05, 0.1) is 5.69 Å².